The van der Waals surface area contributed by atoms with Crippen LogP contribution in [0.1, 0.15) is 53.5 Å². The van der Waals surface area contributed by atoms with Gasteiger partial charge >= 0.3 is 0 Å². The van der Waals surface area contributed by atoms with Gasteiger partial charge in [-0.05, 0) is 50.6 Å². The molecule has 2 aliphatic rings. The maximum Gasteiger partial charge on any atom is 0.245 e. The lowest BCUT2D eigenvalue weighted by molar-refractivity contribution is -0.133. The number of hydrogen-bond donors (Lipinski definition) is 0. The first-order chi connectivity index (χ1) is 19.1. The van der Waals surface area contributed by atoms with Crippen molar-refractivity contribution in [2.75, 3.05) is 14.1 Å². The maximum atomic E-state index is 13.7. The standard InChI is InChI=1S/C29H30N8O3/c1-17(38)27-19-9-21(18-12-32-25(33-13-18)15-35(3)4)31-14-23(19)36(34-27)16-26(39)37-22(10-29(2)11-24(29)37)28(40)20-7-5-6-8-30-20/h5-9,12-14,22,24H,10-11,15-16H2,1-4H3/t22-,24+,29-/m0/s1. The molecular formula is C29H30N8O3. The van der Waals surface area contributed by atoms with E-state index in [9.17, 15) is 14.4 Å². The molecule has 11 heteroatoms. The lowest BCUT2D eigenvalue weighted by atomic mass is 9.97. The van der Waals surface area contributed by atoms with Gasteiger partial charge in [0.15, 0.2) is 5.78 Å². The van der Waals surface area contributed by atoms with Crippen LogP contribution < -0.4 is 0 Å². The van der Waals surface area contributed by atoms with E-state index >= 15 is 0 Å². The van der Waals surface area contributed by atoms with E-state index in [-0.39, 0.29) is 41.2 Å². The summed E-state index contributed by atoms with van der Waals surface area (Å²) in [5.74, 6) is 0.111. The van der Waals surface area contributed by atoms with E-state index < -0.39 is 6.04 Å². The average Bonchev–Trinajstić information content (AvgIpc) is 3.30. The first kappa shape index (κ1) is 25.9. The zero-order valence-corrected chi connectivity index (χ0v) is 22.9. The van der Waals surface area contributed by atoms with E-state index in [0.29, 0.717) is 46.6 Å². The average molecular weight is 539 g/mol. The summed E-state index contributed by atoms with van der Waals surface area (Å²) in [5, 5.41) is 5.11. The molecule has 11 nitrogen and oxygen atoms in total. The number of piperidine rings is 1. The van der Waals surface area contributed by atoms with Crippen LogP contribution in [0.25, 0.3) is 22.2 Å². The zero-order valence-electron chi connectivity index (χ0n) is 22.9. The van der Waals surface area contributed by atoms with Gasteiger partial charge in [-0.25, -0.2) is 9.97 Å². The largest absolute Gasteiger partial charge is 0.327 e. The third kappa shape index (κ3) is 4.56. The van der Waals surface area contributed by atoms with Crippen LogP contribution in [0.3, 0.4) is 0 Å². The number of aromatic nitrogens is 6. The Hall–Kier alpha value is -4.38. The molecule has 1 aliphatic heterocycles. The molecule has 6 rings (SSSR count). The van der Waals surface area contributed by atoms with Gasteiger partial charge in [0, 0.05) is 42.5 Å². The number of pyridine rings is 2. The molecule has 1 saturated heterocycles. The Bertz CT molecular complexity index is 1630. The number of fused-ring (bicyclic) bond motifs is 2. The summed E-state index contributed by atoms with van der Waals surface area (Å²) >= 11 is 0. The van der Waals surface area contributed by atoms with E-state index in [1.165, 1.54) is 11.6 Å². The van der Waals surface area contributed by atoms with Crippen LogP contribution in [0, 0.1) is 5.41 Å². The maximum absolute atomic E-state index is 13.7. The van der Waals surface area contributed by atoms with Gasteiger partial charge in [0.05, 0.1) is 30.0 Å². The molecular weight excluding hydrogens is 508 g/mol. The lowest BCUT2D eigenvalue weighted by Crippen LogP contribution is -2.45. The Morgan fingerprint density at radius 3 is 2.50 bits per heavy atom. The molecule has 0 aromatic carbocycles. The van der Waals surface area contributed by atoms with Gasteiger partial charge in [-0.3, -0.25) is 29.0 Å². The second kappa shape index (κ2) is 9.67. The quantitative estimate of drug-likeness (QED) is 0.311. The second-order valence-electron chi connectivity index (χ2n) is 11.2. The summed E-state index contributed by atoms with van der Waals surface area (Å²) in [6.07, 6.45) is 8.09. The molecule has 1 aliphatic carbocycles. The summed E-state index contributed by atoms with van der Waals surface area (Å²) < 4.78 is 1.52. The fourth-order valence-electron chi connectivity index (χ4n) is 5.71. The van der Waals surface area contributed by atoms with Gasteiger partial charge in [0.2, 0.25) is 11.7 Å². The van der Waals surface area contributed by atoms with Crippen molar-refractivity contribution >= 4 is 28.4 Å². The topological polar surface area (TPSA) is 127 Å². The van der Waals surface area contributed by atoms with Crippen LogP contribution in [-0.4, -0.2) is 83.2 Å². The Morgan fingerprint density at radius 1 is 1.05 bits per heavy atom. The van der Waals surface area contributed by atoms with Crippen LogP contribution in [-0.2, 0) is 17.9 Å². The highest BCUT2D eigenvalue weighted by molar-refractivity contribution is 6.06. The first-order valence-corrected chi connectivity index (χ1v) is 13.2. The predicted octanol–water partition coefficient (Wildman–Crippen LogP) is 2.81. The highest BCUT2D eigenvalue weighted by atomic mass is 16.2. The Morgan fingerprint density at radius 2 is 1.82 bits per heavy atom. The molecule has 1 amide bonds. The number of hydrogen-bond acceptors (Lipinski definition) is 9. The minimum atomic E-state index is -0.569. The predicted molar refractivity (Wildman–Crippen MR) is 146 cm³/mol. The minimum Gasteiger partial charge on any atom is -0.327 e. The van der Waals surface area contributed by atoms with Crippen molar-refractivity contribution in [3.63, 3.8) is 0 Å². The first-order valence-electron chi connectivity index (χ1n) is 13.2. The molecule has 1 saturated carbocycles. The molecule has 5 heterocycles. The molecule has 40 heavy (non-hydrogen) atoms. The van der Waals surface area contributed by atoms with Crippen LogP contribution in [0.2, 0.25) is 0 Å². The number of carbonyl (C=O) groups is 3. The van der Waals surface area contributed by atoms with Crippen molar-refractivity contribution in [2.45, 2.75) is 51.9 Å². The fraction of sp³-hybridized carbons (Fsp3) is 0.379. The number of amides is 1. The summed E-state index contributed by atoms with van der Waals surface area (Å²) in [7, 11) is 3.90. The highest BCUT2D eigenvalue weighted by Crippen LogP contribution is 2.59. The molecule has 0 N–H and O–H groups in total. The number of nitrogens with zero attached hydrogens (tertiary/aromatic N) is 8. The third-order valence-electron chi connectivity index (χ3n) is 7.86. The van der Waals surface area contributed by atoms with Crippen LogP contribution in [0.5, 0.6) is 0 Å². The minimum absolute atomic E-state index is 0.00645. The lowest BCUT2D eigenvalue weighted by Gasteiger charge is -2.26. The van der Waals surface area contributed by atoms with E-state index in [2.05, 4.69) is 32.0 Å². The Kier molecular flexibility index (Phi) is 6.25. The van der Waals surface area contributed by atoms with Gasteiger partial charge in [0.25, 0.3) is 0 Å². The van der Waals surface area contributed by atoms with Gasteiger partial charge < -0.3 is 9.80 Å². The summed E-state index contributed by atoms with van der Waals surface area (Å²) in [6.45, 7) is 4.08. The van der Waals surface area contributed by atoms with E-state index in [0.717, 1.165) is 6.42 Å². The van der Waals surface area contributed by atoms with Gasteiger partial charge in [-0.2, -0.15) is 5.10 Å². The van der Waals surface area contributed by atoms with Crippen LogP contribution >= 0.6 is 0 Å². The number of ketones is 2. The van der Waals surface area contributed by atoms with Crippen molar-refractivity contribution in [2.24, 2.45) is 5.41 Å². The van der Waals surface area contributed by atoms with Crippen molar-refractivity contribution in [1.29, 1.82) is 0 Å². The molecule has 0 bridgehead atoms. The van der Waals surface area contributed by atoms with Crippen LogP contribution in [0.4, 0.5) is 0 Å². The van der Waals surface area contributed by atoms with Gasteiger partial charge in [-0.15, -0.1) is 0 Å². The molecule has 0 radical (unpaired) electrons. The molecule has 0 spiro atoms. The fourth-order valence-corrected chi connectivity index (χ4v) is 5.71. The van der Waals surface area contributed by atoms with Gasteiger partial charge in [-0.1, -0.05) is 13.0 Å². The summed E-state index contributed by atoms with van der Waals surface area (Å²) in [4.78, 5) is 60.9. The molecule has 4 aromatic heterocycles. The van der Waals surface area contributed by atoms with E-state index in [1.807, 2.05) is 19.0 Å². The highest BCUT2D eigenvalue weighted by Gasteiger charge is 2.64. The normalized spacial score (nSPS) is 21.6. The molecule has 0 unspecified atom stereocenters. The number of rotatable bonds is 8. The smallest absolute Gasteiger partial charge is 0.245 e. The van der Waals surface area contributed by atoms with Crippen molar-refractivity contribution in [3.8, 4) is 11.3 Å². The Balaban J connectivity index is 1.29. The molecule has 4 aromatic rings. The van der Waals surface area contributed by atoms with Crippen molar-refractivity contribution < 1.29 is 14.4 Å². The molecule has 3 atom stereocenters. The summed E-state index contributed by atoms with van der Waals surface area (Å²) in [5.41, 5.74) is 2.43. The SMILES string of the molecule is CC(=O)c1nn(CC(=O)N2[C@H](C(=O)c3ccccn3)C[C@@]3(C)C[C@@H]23)c2cnc(-c3cnc(CN(C)C)nc3)cc12. The van der Waals surface area contributed by atoms with E-state index in [4.69, 9.17) is 0 Å². The number of carbonyl (C=O) groups excluding carboxylic acids is 3. The van der Waals surface area contributed by atoms with Crippen molar-refractivity contribution in [1.82, 2.24) is 39.5 Å². The molecule has 204 valence electrons. The Labute approximate surface area is 231 Å². The summed E-state index contributed by atoms with van der Waals surface area (Å²) in [6, 6.07) is 6.43. The second-order valence-corrected chi connectivity index (χ2v) is 11.2. The molecule has 2 fully saturated rings. The van der Waals surface area contributed by atoms with Gasteiger partial charge in [0.1, 0.15) is 23.8 Å². The van der Waals surface area contributed by atoms with Crippen molar-refractivity contribution in [3.05, 3.63) is 66.3 Å². The number of Topliss-reactive ketones (excluding diaryl/α,β-unsaturated/α-hetero) is 2. The number of likely N-dealkylation sites (tertiary alicyclic amines) is 1. The third-order valence-corrected chi connectivity index (χ3v) is 7.86. The monoisotopic (exact) mass is 538 g/mol. The zero-order chi connectivity index (χ0) is 28.2. The van der Waals surface area contributed by atoms with E-state index in [1.54, 1.807) is 54.0 Å². The van der Waals surface area contributed by atoms with Crippen LogP contribution in [0.15, 0.2) is 49.1 Å².